The molecule has 0 radical (unpaired) electrons. The van der Waals surface area contributed by atoms with Gasteiger partial charge in [-0.05, 0) is 46.5 Å². The molecule has 1 atom stereocenters. The first-order valence-electron chi connectivity index (χ1n) is 7.09. The fourth-order valence-electron chi connectivity index (χ4n) is 2.78. The van der Waals surface area contributed by atoms with Crippen LogP contribution in [0.1, 0.15) is 46.5 Å². The van der Waals surface area contributed by atoms with Gasteiger partial charge in [0.15, 0.2) is 6.10 Å². The molecule has 2 aliphatic heterocycles. The zero-order valence-corrected chi connectivity index (χ0v) is 12.3. The second-order valence-electron chi connectivity index (χ2n) is 6.63. The lowest BCUT2D eigenvalue weighted by molar-refractivity contribution is -0.157. The fraction of sp³-hybridized carbons (Fsp3) is 0.857. The van der Waals surface area contributed by atoms with E-state index in [0.29, 0.717) is 32.4 Å². The summed E-state index contributed by atoms with van der Waals surface area (Å²) in [7, 11) is 0. The van der Waals surface area contributed by atoms with Crippen LogP contribution in [0.15, 0.2) is 0 Å². The van der Waals surface area contributed by atoms with E-state index in [0.717, 1.165) is 6.42 Å². The molecule has 0 saturated carbocycles. The number of piperidine rings is 1. The Hall–Kier alpha value is -1.30. The van der Waals surface area contributed by atoms with Crippen molar-refractivity contribution in [2.24, 2.45) is 0 Å². The maximum atomic E-state index is 12.0. The van der Waals surface area contributed by atoms with Crippen LogP contribution in [-0.2, 0) is 14.3 Å². The first-order valence-corrected chi connectivity index (χ1v) is 7.09. The largest absolute Gasteiger partial charge is 0.479 e. The monoisotopic (exact) mass is 285 g/mol. The van der Waals surface area contributed by atoms with Crippen LogP contribution in [0, 0.1) is 0 Å². The Morgan fingerprint density at radius 1 is 1.25 bits per heavy atom. The van der Waals surface area contributed by atoms with E-state index in [1.54, 1.807) is 4.90 Å². The van der Waals surface area contributed by atoms with Crippen molar-refractivity contribution in [3.63, 3.8) is 0 Å². The van der Waals surface area contributed by atoms with Crippen molar-refractivity contribution >= 4 is 12.1 Å². The van der Waals surface area contributed by atoms with E-state index in [-0.39, 0.29) is 11.7 Å². The van der Waals surface area contributed by atoms with Gasteiger partial charge in [0.25, 0.3) is 0 Å². The summed E-state index contributed by atoms with van der Waals surface area (Å²) in [5.74, 6) is -0.892. The Balaban J connectivity index is 1.87. The highest BCUT2D eigenvalue weighted by molar-refractivity contribution is 5.72. The number of amides is 1. The third-order valence-electron chi connectivity index (χ3n) is 3.86. The van der Waals surface area contributed by atoms with E-state index in [9.17, 15) is 9.59 Å². The minimum atomic E-state index is -0.892. The van der Waals surface area contributed by atoms with Gasteiger partial charge in [0, 0.05) is 13.1 Å². The molecule has 1 N–H and O–H groups in total. The summed E-state index contributed by atoms with van der Waals surface area (Å²) in [6.07, 6.45) is 1.67. The molecule has 2 fully saturated rings. The van der Waals surface area contributed by atoms with Crippen molar-refractivity contribution in [2.45, 2.75) is 63.8 Å². The molecule has 0 aromatic carbocycles. The Morgan fingerprint density at radius 2 is 1.85 bits per heavy atom. The second kappa shape index (κ2) is 5.24. The summed E-state index contributed by atoms with van der Waals surface area (Å²) in [5.41, 5.74) is -0.855. The summed E-state index contributed by atoms with van der Waals surface area (Å²) < 4.78 is 11.0. The smallest absolute Gasteiger partial charge is 0.410 e. The normalized spacial score (nSPS) is 25.8. The lowest BCUT2D eigenvalue weighted by Crippen LogP contribution is -2.48. The van der Waals surface area contributed by atoms with Crippen LogP contribution in [0.25, 0.3) is 0 Å². The Morgan fingerprint density at radius 3 is 2.30 bits per heavy atom. The number of hydrogen-bond donors (Lipinski definition) is 1. The van der Waals surface area contributed by atoms with Gasteiger partial charge in [-0.3, -0.25) is 0 Å². The number of hydrogen-bond acceptors (Lipinski definition) is 4. The van der Waals surface area contributed by atoms with Crippen molar-refractivity contribution in [1.29, 1.82) is 0 Å². The molecule has 1 spiro atoms. The van der Waals surface area contributed by atoms with Gasteiger partial charge in [0.1, 0.15) is 5.60 Å². The van der Waals surface area contributed by atoms with Gasteiger partial charge in [0.2, 0.25) is 0 Å². The van der Waals surface area contributed by atoms with E-state index >= 15 is 0 Å². The average molecular weight is 285 g/mol. The third-order valence-corrected chi connectivity index (χ3v) is 3.86. The van der Waals surface area contributed by atoms with E-state index in [1.165, 1.54) is 0 Å². The van der Waals surface area contributed by atoms with E-state index in [4.69, 9.17) is 14.6 Å². The standard InChI is InChI=1S/C14H23NO5/c1-13(2,3)20-12(18)15-8-6-14(7-9-15)5-4-10(19-14)11(16)17/h10H,4-9H2,1-3H3,(H,16,17). The van der Waals surface area contributed by atoms with Crippen LogP contribution >= 0.6 is 0 Å². The average Bonchev–Trinajstić information content (AvgIpc) is 2.72. The summed E-state index contributed by atoms with van der Waals surface area (Å²) in [4.78, 5) is 24.6. The molecule has 0 aromatic heterocycles. The molecule has 2 heterocycles. The lowest BCUT2D eigenvalue weighted by Gasteiger charge is -2.39. The SMILES string of the molecule is CC(C)(C)OC(=O)N1CCC2(CCC(C(=O)O)O2)CC1. The highest BCUT2D eigenvalue weighted by Crippen LogP contribution is 2.39. The van der Waals surface area contributed by atoms with Crippen LogP contribution < -0.4 is 0 Å². The summed E-state index contributed by atoms with van der Waals surface area (Å²) >= 11 is 0. The number of carbonyl (C=O) groups excluding carboxylic acids is 1. The highest BCUT2D eigenvalue weighted by Gasteiger charge is 2.45. The first kappa shape index (κ1) is 15.1. The number of carbonyl (C=O) groups is 2. The van der Waals surface area contributed by atoms with Gasteiger partial charge in [0.05, 0.1) is 5.60 Å². The molecule has 0 aromatic rings. The second-order valence-corrected chi connectivity index (χ2v) is 6.63. The molecule has 0 aliphatic carbocycles. The van der Waals surface area contributed by atoms with Crippen molar-refractivity contribution in [3.05, 3.63) is 0 Å². The Labute approximate surface area is 119 Å². The van der Waals surface area contributed by atoms with Crippen LogP contribution in [-0.4, -0.2) is 52.5 Å². The number of ether oxygens (including phenoxy) is 2. The van der Waals surface area contributed by atoms with Gasteiger partial charge in [-0.2, -0.15) is 0 Å². The van der Waals surface area contributed by atoms with E-state index in [1.807, 2.05) is 20.8 Å². The number of carboxylic acids is 1. The molecule has 0 bridgehead atoms. The van der Waals surface area contributed by atoms with Crippen molar-refractivity contribution in [2.75, 3.05) is 13.1 Å². The Bertz CT molecular complexity index is 393. The minimum absolute atomic E-state index is 0.305. The molecule has 2 rings (SSSR count). The predicted octanol–water partition coefficient (Wildman–Crippen LogP) is 2.02. The Kier molecular flexibility index (Phi) is 3.95. The molecule has 1 unspecified atom stereocenters. The molecule has 20 heavy (non-hydrogen) atoms. The molecule has 114 valence electrons. The zero-order valence-electron chi connectivity index (χ0n) is 12.3. The van der Waals surface area contributed by atoms with Crippen LogP contribution in [0.4, 0.5) is 4.79 Å². The zero-order chi connectivity index (χ0) is 15.0. The molecule has 6 heteroatoms. The number of rotatable bonds is 1. The third kappa shape index (κ3) is 3.42. The lowest BCUT2D eigenvalue weighted by atomic mass is 9.89. The maximum absolute atomic E-state index is 12.0. The molecule has 6 nitrogen and oxygen atoms in total. The molecule has 2 saturated heterocycles. The van der Waals surface area contributed by atoms with Crippen molar-refractivity contribution in [3.8, 4) is 0 Å². The van der Waals surface area contributed by atoms with E-state index < -0.39 is 17.7 Å². The number of likely N-dealkylation sites (tertiary alicyclic amines) is 1. The molecular weight excluding hydrogens is 262 g/mol. The first-order chi connectivity index (χ1) is 9.21. The molecule has 2 aliphatic rings. The minimum Gasteiger partial charge on any atom is -0.479 e. The van der Waals surface area contributed by atoms with Gasteiger partial charge >= 0.3 is 12.1 Å². The van der Waals surface area contributed by atoms with Crippen molar-refractivity contribution < 1.29 is 24.2 Å². The van der Waals surface area contributed by atoms with Crippen LogP contribution in [0.5, 0.6) is 0 Å². The predicted molar refractivity (Wildman–Crippen MR) is 71.5 cm³/mol. The van der Waals surface area contributed by atoms with Crippen LogP contribution in [0.3, 0.4) is 0 Å². The maximum Gasteiger partial charge on any atom is 0.410 e. The molecular formula is C14H23NO5. The van der Waals surface area contributed by atoms with Crippen molar-refractivity contribution in [1.82, 2.24) is 4.90 Å². The van der Waals surface area contributed by atoms with Gasteiger partial charge in [-0.1, -0.05) is 0 Å². The van der Waals surface area contributed by atoms with Gasteiger partial charge in [-0.25, -0.2) is 9.59 Å². The van der Waals surface area contributed by atoms with Gasteiger partial charge in [-0.15, -0.1) is 0 Å². The number of aliphatic carboxylic acids is 1. The summed E-state index contributed by atoms with van der Waals surface area (Å²) in [6.45, 7) is 6.64. The number of carboxylic acid groups (broad SMARTS) is 1. The fourth-order valence-corrected chi connectivity index (χ4v) is 2.78. The van der Waals surface area contributed by atoms with E-state index in [2.05, 4.69) is 0 Å². The molecule has 1 amide bonds. The highest BCUT2D eigenvalue weighted by atomic mass is 16.6. The van der Waals surface area contributed by atoms with Gasteiger partial charge < -0.3 is 19.5 Å². The van der Waals surface area contributed by atoms with Crippen LogP contribution in [0.2, 0.25) is 0 Å². The topological polar surface area (TPSA) is 76.1 Å². The number of nitrogens with zero attached hydrogens (tertiary/aromatic N) is 1. The summed E-state index contributed by atoms with van der Waals surface area (Å²) in [5, 5.41) is 8.99. The quantitative estimate of drug-likeness (QED) is 0.797. The summed E-state index contributed by atoms with van der Waals surface area (Å²) in [6, 6.07) is 0.